The molecule has 0 atom stereocenters. The Morgan fingerprint density at radius 3 is 1.85 bits per heavy atom. The number of nitrogens with zero attached hydrogens (tertiary/aromatic N) is 4. The molecular formula is C22H18N4O. The van der Waals surface area contributed by atoms with Crippen molar-refractivity contribution in [2.45, 2.75) is 0 Å². The molecule has 0 fully saturated rings. The summed E-state index contributed by atoms with van der Waals surface area (Å²) in [4.78, 5) is 9.39. The predicted octanol–water partition coefficient (Wildman–Crippen LogP) is 4.50. The standard InChI is InChI=1S/C22H18N4O/c1-25-18-9-5-3-7-16(18)23-21(25)14-11-12-15(20(27)13-14)22-24-17-8-4-6-10-19(17)26(22)2/h3-13,27H,1-2H3. The fourth-order valence-electron chi connectivity index (χ4n) is 3.65. The van der Waals surface area contributed by atoms with Gasteiger partial charge in [-0.1, -0.05) is 30.3 Å². The summed E-state index contributed by atoms with van der Waals surface area (Å²) >= 11 is 0. The second-order valence-corrected chi connectivity index (χ2v) is 6.70. The normalized spacial score (nSPS) is 11.5. The highest BCUT2D eigenvalue weighted by molar-refractivity contribution is 5.84. The molecule has 0 unspecified atom stereocenters. The molecule has 3 aromatic carbocycles. The lowest BCUT2D eigenvalue weighted by molar-refractivity contribution is 0.477. The Morgan fingerprint density at radius 2 is 1.26 bits per heavy atom. The van der Waals surface area contributed by atoms with Gasteiger partial charge in [-0.15, -0.1) is 0 Å². The minimum absolute atomic E-state index is 0.193. The van der Waals surface area contributed by atoms with E-state index in [0.29, 0.717) is 5.56 Å². The van der Waals surface area contributed by atoms with Crippen molar-refractivity contribution in [1.29, 1.82) is 0 Å². The molecule has 0 amide bonds. The number of imidazole rings is 2. The monoisotopic (exact) mass is 354 g/mol. The summed E-state index contributed by atoms with van der Waals surface area (Å²) in [5, 5.41) is 10.7. The third-order valence-electron chi connectivity index (χ3n) is 5.07. The molecule has 5 heteroatoms. The van der Waals surface area contributed by atoms with Gasteiger partial charge in [-0.05, 0) is 36.4 Å². The summed E-state index contributed by atoms with van der Waals surface area (Å²) in [6.45, 7) is 0. The number of fused-ring (bicyclic) bond motifs is 2. The molecule has 2 heterocycles. The first-order valence-corrected chi connectivity index (χ1v) is 8.80. The average molecular weight is 354 g/mol. The van der Waals surface area contributed by atoms with Gasteiger partial charge in [-0.3, -0.25) is 0 Å². The Balaban J connectivity index is 1.65. The number of aromatic hydroxyl groups is 1. The molecule has 1 N–H and O–H groups in total. The minimum atomic E-state index is 0.193. The molecule has 0 aliphatic heterocycles. The van der Waals surface area contributed by atoms with Crippen LogP contribution in [0.5, 0.6) is 5.75 Å². The van der Waals surface area contributed by atoms with E-state index < -0.39 is 0 Å². The van der Waals surface area contributed by atoms with Gasteiger partial charge in [0.05, 0.1) is 27.6 Å². The van der Waals surface area contributed by atoms with Gasteiger partial charge in [0.15, 0.2) is 0 Å². The van der Waals surface area contributed by atoms with Crippen molar-refractivity contribution in [3.05, 3.63) is 66.7 Å². The molecule has 132 valence electrons. The van der Waals surface area contributed by atoms with Crippen LogP contribution in [0.2, 0.25) is 0 Å². The van der Waals surface area contributed by atoms with E-state index in [9.17, 15) is 5.11 Å². The molecule has 0 spiro atoms. The lowest BCUT2D eigenvalue weighted by Crippen LogP contribution is -1.95. The smallest absolute Gasteiger partial charge is 0.144 e. The van der Waals surface area contributed by atoms with Crippen molar-refractivity contribution in [1.82, 2.24) is 19.1 Å². The number of benzene rings is 3. The summed E-state index contributed by atoms with van der Waals surface area (Å²) in [7, 11) is 3.95. The molecule has 5 rings (SSSR count). The Morgan fingerprint density at radius 1 is 0.704 bits per heavy atom. The van der Waals surface area contributed by atoms with Crippen LogP contribution in [0.15, 0.2) is 66.7 Å². The van der Waals surface area contributed by atoms with Crippen LogP contribution in [0.4, 0.5) is 0 Å². The third kappa shape index (κ3) is 2.32. The summed E-state index contributed by atoms with van der Waals surface area (Å²) in [5.41, 5.74) is 5.52. The average Bonchev–Trinajstić information content (AvgIpc) is 3.20. The zero-order chi connectivity index (χ0) is 18.5. The second kappa shape index (κ2) is 5.71. The number of rotatable bonds is 2. The minimum Gasteiger partial charge on any atom is -0.507 e. The number of hydrogen-bond acceptors (Lipinski definition) is 3. The van der Waals surface area contributed by atoms with Crippen LogP contribution in [0.3, 0.4) is 0 Å². The van der Waals surface area contributed by atoms with Gasteiger partial charge in [-0.25, -0.2) is 9.97 Å². The van der Waals surface area contributed by atoms with Gasteiger partial charge in [0.25, 0.3) is 0 Å². The van der Waals surface area contributed by atoms with E-state index in [1.807, 2.05) is 83.9 Å². The Kier molecular flexibility index (Phi) is 3.31. The quantitative estimate of drug-likeness (QED) is 0.508. The van der Waals surface area contributed by atoms with E-state index >= 15 is 0 Å². The van der Waals surface area contributed by atoms with Crippen molar-refractivity contribution in [2.75, 3.05) is 0 Å². The molecule has 0 saturated heterocycles. The molecule has 0 radical (unpaired) electrons. The van der Waals surface area contributed by atoms with Crippen molar-refractivity contribution in [2.24, 2.45) is 14.1 Å². The van der Waals surface area contributed by atoms with E-state index in [-0.39, 0.29) is 5.75 Å². The zero-order valence-electron chi connectivity index (χ0n) is 15.1. The highest BCUT2D eigenvalue weighted by Gasteiger charge is 2.16. The number of aryl methyl sites for hydroxylation is 2. The number of aromatic nitrogens is 4. The van der Waals surface area contributed by atoms with Gasteiger partial charge in [0.1, 0.15) is 17.4 Å². The van der Waals surface area contributed by atoms with Crippen LogP contribution in [-0.2, 0) is 14.1 Å². The Hall–Kier alpha value is -3.60. The number of para-hydroxylation sites is 4. The fourth-order valence-corrected chi connectivity index (χ4v) is 3.65. The van der Waals surface area contributed by atoms with Gasteiger partial charge in [0, 0.05) is 19.7 Å². The maximum atomic E-state index is 10.7. The molecule has 5 nitrogen and oxygen atoms in total. The lowest BCUT2D eigenvalue weighted by Gasteiger charge is -2.08. The first-order chi connectivity index (χ1) is 13.1. The molecule has 2 aromatic heterocycles. The van der Waals surface area contributed by atoms with E-state index in [2.05, 4.69) is 4.98 Å². The van der Waals surface area contributed by atoms with Gasteiger partial charge < -0.3 is 14.2 Å². The van der Waals surface area contributed by atoms with Gasteiger partial charge >= 0.3 is 0 Å². The summed E-state index contributed by atoms with van der Waals surface area (Å²) in [6, 6.07) is 21.6. The van der Waals surface area contributed by atoms with Crippen molar-refractivity contribution in [3.8, 4) is 28.5 Å². The molecule has 27 heavy (non-hydrogen) atoms. The molecule has 0 bridgehead atoms. The molecule has 0 saturated carbocycles. The lowest BCUT2D eigenvalue weighted by atomic mass is 10.1. The topological polar surface area (TPSA) is 55.9 Å². The van der Waals surface area contributed by atoms with Crippen LogP contribution < -0.4 is 0 Å². The van der Waals surface area contributed by atoms with E-state index in [1.165, 1.54) is 0 Å². The van der Waals surface area contributed by atoms with Crippen LogP contribution >= 0.6 is 0 Å². The second-order valence-electron chi connectivity index (χ2n) is 6.70. The highest BCUT2D eigenvalue weighted by Crippen LogP contribution is 2.34. The SMILES string of the molecule is Cn1c(-c2ccc(-c3nc4ccccc4n3C)c(O)c2)nc2ccccc21. The Bertz CT molecular complexity index is 1310. The van der Waals surface area contributed by atoms with Gasteiger partial charge in [-0.2, -0.15) is 0 Å². The highest BCUT2D eigenvalue weighted by atomic mass is 16.3. The number of hydrogen-bond donors (Lipinski definition) is 1. The zero-order valence-corrected chi connectivity index (χ0v) is 15.1. The van der Waals surface area contributed by atoms with E-state index in [4.69, 9.17) is 4.98 Å². The third-order valence-corrected chi connectivity index (χ3v) is 5.07. The van der Waals surface area contributed by atoms with E-state index in [1.54, 1.807) is 6.07 Å². The maximum absolute atomic E-state index is 10.7. The van der Waals surface area contributed by atoms with Gasteiger partial charge in [0.2, 0.25) is 0 Å². The Labute approximate surface area is 156 Å². The first-order valence-electron chi connectivity index (χ1n) is 8.80. The largest absolute Gasteiger partial charge is 0.507 e. The molecular weight excluding hydrogens is 336 g/mol. The van der Waals surface area contributed by atoms with Crippen molar-refractivity contribution >= 4 is 22.1 Å². The molecule has 5 aromatic rings. The number of phenolic OH excluding ortho intramolecular Hbond substituents is 1. The summed E-state index contributed by atoms with van der Waals surface area (Å²) < 4.78 is 4.04. The number of phenols is 1. The van der Waals surface area contributed by atoms with Crippen LogP contribution in [0.25, 0.3) is 44.8 Å². The van der Waals surface area contributed by atoms with Crippen LogP contribution in [0, 0.1) is 0 Å². The summed E-state index contributed by atoms with van der Waals surface area (Å²) in [5.74, 6) is 1.76. The predicted molar refractivity (Wildman–Crippen MR) is 108 cm³/mol. The van der Waals surface area contributed by atoms with Crippen molar-refractivity contribution in [3.63, 3.8) is 0 Å². The maximum Gasteiger partial charge on any atom is 0.144 e. The molecule has 0 aliphatic rings. The van der Waals surface area contributed by atoms with E-state index in [0.717, 1.165) is 39.3 Å². The van der Waals surface area contributed by atoms with Crippen LogP contribution in [0.1, 0.15) is 0 Å². The van der Waals surface area contributed by atoms with Crippen molar-refractivity contribution < 1.29 is 5.11 Å². The molecule has 0 aliphatic carbocycles. The first kappa shape index (κ1) is 15.6. The van der Waals surface area contributed by atoms with Crippen LogP contribution in [-0.4, -0.2) is 24.2 Å². The fraction of sp³-hybridized carbons (Fsp3) is 0.0909. The summed E-state index contributed by atoms with van der Waals surface area (Å²) in [6.07, 6.45) is 0.